The number of urea groups is 1. The van der Waals surface area contributed by atoms with E-state index in [1.165, 1.54) is 23.3 Å². The fourth-order valence-electron chi connectivity index (χ4n) is 3.48. The monoisotopic (exact) mass is 523 g/mol. The molecule has 9 nitrogen and oxygen atoms in total. The van der Waals surface area contributed by atoms with Gasteiger partial charge in [-0.15, -0.1) is 11.3 Å². The Bertz CT molecular complexity index is 1340. The van der Waals surface area contributed by atoms with Crippen molar-refractivity contribution >= 4 is 49.4 Å². The molecule has 13 heteroatoms. The number of thiazole rings is 1. The number of nitrogens with one attached hydrogen (secondary N) is 3. The van der Waals surface area contributed by atoms with E-state index in [1.807, 2.05) is 4.72 Å². The van der Waals surface area contributed by atoms with E-state index in [9.17, 15) is 26.8 Å². The van der Waals surface area contributed by atoms with Gasteiger partial charge in [0, 0.05) is 31.8 Å². The first kappa shape index (κ1) is 24.9. The van der Waals surface area contributed by atoms with Crippen LogP contribution in [0.15, 0.2) is 41.9 Å². The van der Waals surface area contributed by atoms with Crippen LogP contribution in [0.25, 0.3) is 10.2 Å². The van der Waals surface area contributed by atoms with Gasteiger partial charge in [0.2, 0.25) is 5.91 Å². The number of aromatic nitrogens is 1. The molecule has 1 heterocycles. The van der Waals surface area contributed by atoms with Crippen LogP contribution in [0.1, 0.15) is 18.4 Å². The molecule has 3 amide bonds. The van der Waals surface area contributed by atoms with Gasteiger partial charge in [-0.1, -0.05) is 0 Å². The molecule has 0 aliphatic heterocycles. The summed E-state index contributed by atoms with van der Waals surface area (Å²) in [5, 5.41) is 2.33. The van der Waals surface area contributed by atoms with E-state index >= 15 is 0 Å². The minimum atomic E-state index is -4.15. The number of anilines is 1. The number of likely N-dealkylation sites (N-methyl/N-ethyl adjacent to an activating group) is 1. The molecule has 0 spiro atoms. The highest BCUT2D eigenvalue weighted by molar-refractivity contribution is 7.88. The summed E-state index contributed by atoms with van der Waals surface area (Å²) in [7, 11) is -2.67. The zero-order chi connectivity index (χ0) is 25.2. The fourth-order valence-corrected chi connectivity index (χ4v) is 4.96. The maximum Gasteiger partial charge on any atom is 0.330 e. The van der Waals surface area contributed by atoms with Crippen LogP contribution >= 0.6 is 11.3 Å². The SMILES string of the molecule is CN(C(=O)[C@H](Cc1cc(F)cc(F)c1)NC(=O)NS(=O)(=O)NCC1CC1)c1ccc2scnc2c1. The minimum absolute atomic E-state index is 0.110. The van der Waals surface area contributed by atoms with Crippen LogP contribution in [0, 0.1) is 17.6 Å². The second-order valence-electron chi connectivity index (χ2n) is 8.31. The number of hydrogen-bond donors (Lipinski definition) is 3. The molecular weight excluding hydrogens is 500 g/mol. The van der Waals surface area contributed by atoms with Crippen molar-refractivity contribution < 1.29 is 26.8 Å². The van der Waals surface area contributed by atoms with Gasteiger partial charge in [-0.05, 0) is 54.7 Å². The zero-order valence-electron chi connectivity index (χ0n) is 18.6. The van der Waals surface area contributed by atoms with Crippen molar-refractivity contribution in [2.45, 2.75) is 25.3 Å². The Labute approximate surface area is 204 Å². The summed E-state index contributed by atoms with van der Waals surface area (Å²) in [5.74, 6) is -2.06. The summed E-state index contributed by atoms with van der Waals surface area (Å²) in [5.41, 5.74) is 2.93. The number of hydrogen-bond acceptors (Lipinski definition) is 6. The first-order valence-electron chi connectivity index (χ1n) is 10.7. The molecule has 1 aliphatic rings. The van der Waals surface area contributed by atoms with Crippen LogP contribution in [0.2, 0.25) is 0 Å². The molecule has 0 bridgehead atoms. The second kappa shape index (κ2) is 10.2. The molecule has 0 unspecified atom stereocenters. The number of carbonyl (C=O) groups excluding carboxylic acids is 2. The number of amides is 3. The summed E-state index contributed by atoms with van der Waals surface area (Å²) >= 11 is 1.44. The van der Waals surface area contributed by atoms with Crippen LogP contribution in [-0.4, -0.2) is 45.0 Å². The largest absolute Gasteiger partial charge is 0.330 e. The maximum atomic E-state index is 13.7. The smallest absolute Gasteiger partial charge is 0.325 e. The molecular formula is C22H23F2N5O4S2. The van der Waals surface area contributed by atoms with E-state index in [0.717, 1.165) is 29.7 Å². The molecule has 186 valence electrons. The van der Waals surface area contributed by atoms with E-state index in [2.05, 4.69) is 15.0 Å². The first-order valence-corrected chi connectivity index (χ1v) is 13.1. The Balaban J connectivity index is 1.53. The predicted molar refractivity (Wildman–Crippen MR) is 128 cm³/mol. The molecule has 0 radical (unpaired) electrons. The van der Waals surface area contributed by atoms with Crippen LogP contribution in [-0.2, 0) is 21.4 Å². The molecule has 1 aliphatic carbocycles. The van der Waals surface area contributed by atoms with E-state index in [-0.39, 0.29) is 24.4 Å². The van der Waals surface area contributed by atoms with E-state index < -0.39 is 39.8 Å². The highest BCUT2D eigenvalue weighted by atomic mass is 32.2. The Morgan fingerprint density at radius 2 is 1.89 bits per heavy atom. The Morgan fingerprint density at radius 3 is 2.57 bits per heavy atom. The van der Waals surface area contributed by atoms with Gasteiger partial charge in [0.05, 0.1) is 15.7 Å². The first-order chi connectivity index (χ1) is 16.6. The molecule has 1 atom stereocenters. The summed E-state index contributed by atoms with van der Waals surface area (Å²) in [6.07, 6.45) is 1.54. The van der Waals surface area contributed by atoms with Gasteiger partial charge in [-0.2, -0.15) is 13.1 Å². The molecule has 3 N–H and O–H groups in total. The standard InChI is InChI=1S/C22H23F2N5O4S2/c1-29(17-4-5-20-18(10-17)25-12-34-20)21(30)19(8-14-6-15(23)9-16(24)7-14)27-22(31)28-35(32,33)26-11-13-2-3-13/h4-7,9-10,12-13,19,26H,2-3,8,11H2,1H3,(H2,27,28,31)/t19-/m0/s1. The summed E-state index contributed by atoms with van der Waals surface area (Å²) in [6, 6.07) is 5.47. The highest BCUT2D eigenvalue weighted by Gasteiger charge is 2.28. The van der Waals surface area contributed by atoms with Gasteiger partial charge in [-0.3, -0.25) is 4.79 Å². The number of rotatable bonds is 9. The van der Waals surface area contributed by atoms with Crippen molar-refractivity contribution in [1.82, 2.24) is 19.7 Å². The third-order valence-corrected chi connectivity index (χ3v) is 7.29. The van der Waals surface area contributed by atoms with Gasteiger partial charge < -0.3 is 10.2 Å². The molecule has 1 aromatic heterocycles. The Kier molecular flexibility index (Phi) is 7.28. The lowest BCUT2D eigenvalue weighted by Crippen LogP contribution is -2.54. The molecule has 0 saturated heterocycles. The molecule has 2 aromatic carbocycles. The minimum Gasteiger partial charge on any atom is -0.325 e. The molecule has 1 saturated carbocycles. The summed E-state index contributed by atoms with van der Waals surface area (Å²) in [4.78, 5) is 31.3. The lowest BCUT2D eigenvalue weighted by molar-refractivity contribution is -0.120. The fraction of sp³-hybridized carbons (Fsp3) is 0.318. The van der Waals surface area contributed by atoms with Crippen LogP contribution < -0.4 is 19.7 Å². The second-order valence-corrected chi connectivity index (χ2v) is 10.7. The van der Waals surface area contributed by atoms with Crippen molar-refractivity contribution in [2.75, 3.05) is 18.5 Å². The third kappa shape index (κ3) is 6.71. The summed E-state index contributed by atoms with van der Waals surface area (Å²) in [6.45, 7) is 0.204. The molecule has 4 rings (SSSR count). The van der Waals surface area contributed by atoms with Crippen molar-refractivity contribution in [2.24, 2.45) is 5.92 Å². The number of benzene rings is 2. The maximum absolute atomic E-state index is 13.7. The van der Waals surface area contributed by atoms with E-state index in [1.54, 1.807) is 23.7 Å². The quantitative estimate of drug-likeness (QED) is 0.398. The van der Waals surface area contributed by atoms with Crippen LogP contribution in [0.4, 0.5) is 19.3 Å². The van der Waals surface area contributed by atoms with Crippen molar-refractivity contribution in [3.63, 3.8) is 0 Å². The van der Waals surface area contributed by atoms with E-state index in [4.69, 9.17) is 0 Å². The van der Waals surface area contributed by atoms with Gasteiger partial charge >= 0.3 is 16.2 Å². The normalized spacial score (nSPS) is 14.5. The third-order valence-electron chi connectivity index (χ3n) is 5.48. The number of nitrogens with zero attached hydrogens (tertiary/aromatic N) is 2. The average Bonchev–Trinajstić information content (AvgIpc) is 3.50. The zero-order valence-corrected chi connectivity index (χ0v) is 20.3. The van der Waals surface area contributed by atoms with Crippen LogP contribution in [0.3, 0.4) is 0 Å². The molecule has 35 heavy (non-hydrogen) atoms. The Morgan fingerprint density at radius 1 is 1.17 bits per heavy atom. The number of fused-ring (bicyclic) bond motifs is 1. The van der Waals surface area contributed by atoms with Crippen molar-refractivity contribution in [1.29, 1.82) is 0 Å². The number of carbonyl (C=O) groups is 2. The van der Waals surface area contributed by atoms with Crippen molar-refractivity contribution in [3.8, 4) is 0 Å². The molecule has 3 aromatic rings. The van der Waals surface area contributed by atoms with Gasteiger partial charge in [0.15, 0.2) is 0 Å². The van der Waals surface area contributed by atoms with Gasteiger partial charge in [0.1, 0.15) is 17.7 Å². The predicted octanol–water partition coefficient (Wildman–Crippen LogP) is 2.69. The Hall–Kier alpha value is -3.16. The number of halogens is 2. The van der Waals surface area contributed by atoms with Gasteiger partial charge in [0.25, 0.3) is 0 Å². The van der Waals surface area contributed by atoms with E-state index in [0.29, 0.717) is 17.3 Å². The average molecular weight is 524 g/mol. The summed E-state index contributed by atoms with van der Waals surface area (Å²) < 4.78 is 56.8. The van der Waals surface area contributed by atoms with Gasteiger partial charge in [-0.25, -0.2) is 23.3 Å². The lowest BCUT2D eigenvalue weighted by Gasteiger charge is -2.25. The highest BCUT2D eigenvalue weighted by Crippen LogP contribution is 2.27. The molecule has 1 fully saturated rings. The topological polar surface area (TPSA) is 121 Å². The van der Waals surface area contributed by atoms with Crippen molar-refractivity contribution in [3.05, 3.63) is 59.1 Å². The van der Waals surface area contributed by atoms with Crippen LogP contribution in [0.5, 0.6) is 0 Å². The lowest BCUT2D eigenvalue weighted by atomic mass is 10.0.